The SMILES string of the molecule is O=C(Nc1ccccc1CO)C1(c2ccc(F)cc2)CC1. The van der Waals surface area contributed by atoms with Crippen molar-refractivity contribution in [3.8, 4) is 0 Å². The van der Waals surface area contributed by atoms with E-state index in [4.69, 9.17) is 0 Å². The smallest absolute Gasteiger partial charge is 0.235 e. The fraction of sp³-hybridized carbons (Fsp3) is 0.235. The van der Waals surface area contributed by atoms with Crippen molar-refractivity contribution in [3.63, 3.8) is 0 Å². The maximum absolute atomic E-state index is 13.0. The fourth-order valence-corrected chi connectivity index (χ4v) is 2.56. The van der Waals surface area contributed by atoms with Gasteiger partial charge in [-0.3, -0.25) is 4.79 Å². The molecule has 0 bridgehead atoms. The quantitative estimate of drug-likeness (QED) is 0.907. The molecule has 0 atom stereocenters. The highest BCUT2D eigenvalue weighted by Crippen LogP contribution is 2.49. The molecule has 1 aliphatic carbocycles. The topological polar surface area (TPSA) is 49.3 Å². The molecule has 0 unspecified atom stereocenters. The van der Waals surface area contributed by atoms with E-state index in [0.29, 0.717) is 11.3 Å². The van der Waals surface area contributed by atoms with Crippen molar-refractivity contribution >= 4 is 11.6 Å². The highest BCUT2D eigenvalue weighted by Gasteiger charge is 2.51. The summed E-state index contributed by atoms with van der Waals surface area (Å²) in [6.45, 7) is -0.125. The normalized spacial score (nSPS) is 15.5. The molecule has 21 heavy (non-hydrogen) atoms. The van der Waals surface area contributed by atoms with Crippen LogP contribution in [0.4, 0.5) is 10.1 Å². The standard InChI is InChI=1S/C17H16FNO2/c18-14-7-5-13(6-8-14)17(9-10-17)16(21)19-15-4-2-1-3-12(15)11-20/h1-8,20H,9-11H2,(H,19,21). The van der Waals surface area contributed by atoms with Crippen LogP contribution in [-0.4, -0.2) is 11.0 Å². The molecule has 3 nitrogen and oxygen atoms in total. The summed E-state index contributed by atoms with van der Waals surface area (Å²) in [7, 11) is 0. The Hall–Kier alpha value is -2.20. The molecule has 0 spiro atoms. The third kappa shape index (κ3) is 2.54. The first kappa shape index (κ1) is 13.8. The Bertz CT molecular complexity index is 663. The van der Waals surface area contributed by atoms with Gasteiger partial charge in [0.05, 0.1) is 12.0 Å². The first-order valence-electron chi connectivity index (χ1n) is 6.92. The molecule has 0 radical (unpaired) electrons. The summed E-state index contributed by atoms with van der Waals surface area (Å²) in [5.74, 6) is -0.407. The summed E-state index contributed by atoms with van der Waals surface area (Å²) in [4.78, 5) is 12.6. The van der Waals surface area contributed by atoms with Gasteiger partial charge in [0.25, 0.3) is 0 Å². The zero-order valence-corrected chi connectivity index (χ0v) is 11.5. The number of carbonyl (C=O) groups is 1. The number of amides is 1. The van der Waals surface area contributed by atoms with Gasteiger partial charge in [0.15, 0.2) is 0 Å². The highest BCUT2D eigenvalue weighted by molar-refractivity contribution is 6.01. The number of nitrogens with one attached hydrogen (secondary N) is 1. The van der Waals surface area contributed by atoms with Gasteiger partial charge in [-0.15, -0.1) is 0 Å². The lowest BCUT2D eigenvalue weighted by molar-refractivity contribution is -0.118. The van der Waals surface area contributed by atoms with Crippen molar-refractivity contribution in [3.05, 3.63) is 65.5 Å². The number of carbonyl (C=O) groups excluding carboxylic acids is 1. The number of aliphatic hydroxyl groups is 1. The molecule has 2 aromatic rings. The van der Waals surface area contributed by atoms with Crippen LogP contribution in [0.15, 0.2) is 48.5 Å². The molecule has 1 saturated carbocycles. The van der Waals surface area contributed by atoms with Crippen LogP contribution in [0.25, 0.3) is 0 Å². The van der Waals surface area contributed by atoms with Crippen molar-refractivity contribution in [2.24, 2.45) is 0 Å². The molecule has 2 N–H and O–H groups in total. The Labute approximate surface area is 122 Å². The number of aliphatic hydroxyl groups excluding tert-OH is 1. The summed E-state index contributed by atoms with van der Waals surface area (Å²) in [6, 6.07) is 13.3. The van der Waals surface area contributed by atoms with Crippen LogP contribution >= 0.6 is 0 Å². The van der Waals surface area contributed by atoms with E-state index < -0.39 is 5.41 Å². The second-order valence-electron chi connectivity index (χ2n) is 5.36. The van der Waals surface area contributed by atoms with Crippen molar-refractivity contribution < 1.29 is 14.3 Å². The van der Waals surface area contributed by atoms with Crippen LogP contribution in [0, 0.1) is 5.82 Å². The average Bonchev–Trinajstić information content (AvgIpc) is 3.30. The van der Waals surface area contributed by atoms with E-state index in [1.165, 1.54) is 12.1 Å². The predicted octanol–water partition coefficient (Wildman–Crippen LogP) is 2.99. The molecule has 0 aromatic heterocycles. The van der Waals surface area contributed by atoms with Gasteiger partial charge in [-0.05, 0) is 36.6 Å². The summed E-state index contributed by atoms with van der Waals surface area (Å²) >= 11 is 0. The molecule has 3 rings (SSSR count). The van der Waals surface area contributed by atoms with E-state index in [-0.39, 0.29) is 18.3 Å². The van der Waals surface area contributed by atoms with Crippen LogP contribution in [-0.2, 0) is 16.8 Å². The zero-order chi connectivity index (χ0) is 14.9. The van der Waals surface area contributed by atoms with Crippen LogP contribution in [0.2, 0.25) is 0 Å². The number of anilines is 1. The van der Waals surface area contributed by atoms with Crippen molar-refractivity contribution in [1.82, 2.24) is 0 Å². The number of para-hydroxylation sites is 1. The lowest BCUT2D eigenvalue weighted by atomic mass is 9.94. The largest absolute Gasteiger partial charge is 0.392 e. The van der Waals surface area contributed by atoms with E-state index >= 15 is 0 Å². The monoisotopic (exact) mass is 285 g/mol. The van der Waals surface area contributed by atoms with Crippen molar-refractivity contribution in [1.29, 1.82) is 0 Å². The summed E-state index contributed by atoms with van der Waals surface area (Å²) < 4.78 is 13.0. The average molecular weight is 285 g/mol. The highest BCUT2D eigenvalue weighted by atomic mass is 19.1. The third-order valence-electron chi connectivity index (χ3n) is 4.02. The fourth-order valence-electron chi connectivity index (χ4n) is 2.56. The molecule has 0 saturated heterocycles. The number of rotatable bonds is 4. The molecule has 1 aliphatic rings. The molecule has 108 valence electrons. The number of benzene rings is 2. The van der Waals surface area contributed by atoms with E-state index in [1.807, 2.05) is 12.1 Å². The molecule has 0 aliphatic heterocycles. The number of hydrogen-bond donors (Lipinski definition) is 2. The van der Waals surface area contributed by atoms with Crippen LogP contribution in [0.3, 0.4) is 0 Å². The first-order valence-corrected chi connectivity index (χ1v) is 6.92. The molecule has 1 amide bonds. The Balaban J connectivity index is 1.83. The van der Waals surface area contributed by atoms with Gasteiger partial charge in [0.1, 0.15) is 5.82 Å². The second-order valence-corrected chi connectivity index (χ2v) is 5.36. The van der Waals surface area contributed by atoms with Crippen LogP contribution in [0.1, 0.15) is 24.0 Å². The third-order valence-corrected chi connectivity index (χ3v) is 4.02. The maximum Gasteiger partial charge on any atom is 0.235 e. The molecular weight excluding hydrogens is 269 g/mol. The van der Waals surface area contributed by atoms with E-state index in [0.717, 1.165) is 18.4 Å². The lowest BCUT2D eigenvalue weighted by Crippen LogP contribution is -2.28. The minimum Gasteiger partial charge on any atom is -0.392 e. The second kappa shape index (κ2) is 5.30. The van der Waals surface area contributed by atoms with Crippen molar-refractivity contribution in [2.45, 2.75) is 24.9 Å². The number of halogens is 1. The van der Waals surface area contributed by atoms with Gasteiger partial charge in [0, 0.05) is 11.3 Å². The van der Waals surface area contributed by atoms with Gasteiger partial charge in [-0.25, -0.2) is 4.39 Å². The maximum atomic E-state index is 13.0. The molecular formula is C17H16FNO2. The molecule has 4 heteroatoms. The summed E-state index contributed by atoms with van der Waals surface area (Å²) in [5.41, 5.74) is 1.58. The van der Waals surface area contributed by atoms with Gasteiger partial charge in [-0.2, -0.15) is 0 Å². The Morgan fingerprint density at radius 3 is 2.43 bits per heavy atom. The van der Waals surface area contributed by atoms with Crippen LogP contribution < -0.4 is 5.32 Å². The van der Waals surface area contributed by atoms with E-state index in [2.05, 4.69) is 5.32 Å². The number of hydrogen-bond acceptors (Lipinski definition) is 2. The minimum atomic E-state index is -0.559. The van der Waals surface area contributed by atoms with Gasteiger partial charge >= 0.3 is 0 Å². The van der Waals surface area contributed by atoms with E-state index in [1.54, 1.807) is 24.3 Å². The molecule has 1 fully saturated rings. The first-order chi connectivity index (χ1) is 10.2. The molecule has 2 aromatic carbocycles. The zero-order valence-electron chi connectivity index (χ0n) is 11.5. The van der Waals surface area contributed by atoms with Crippen LogP contribution in [0.5, 0.6) is 0 Å². The van der Waals surface area contributed by atoms with E-state index in [9.17, 15) is 14.3 Å². The Morgan fingerprint density at radius 1 is 1.14 bits per heavy atom. The van der Waals surface area contributed by atoms with Gasteiger partial charge in [-0.1, -0.05) is 30.3 Å². The Kier molecular flexibility index (Phi) is 3.47. The summed E-state index contributed by atoms with van der Waals surface area (Å²) in [6.07, 6.45) is 1.51. The van der Waals surface area contributed by atoms with Gasteiger partial charge in [0.2, 0.25) is 5.91 Å². The molecule has 0 heterocycles. The Morgan fingerprint density at radius 2 is 1.81 bits per heavy atom. The van der Waals surface area contributed by atoms with Gasteiger partial charge < -0.3 is 10.4 Å². The lowest BCUT2D eigenvalue weighted by Gasteiger charge is -2.17. The summed E-state index contributed by atoms with van der Waals surface area (Å²) in [5, 5.41) is 12.2. The van der Waals surface area contributed by atoms with Crippen molar-refractivity contribution in [2.75, 3.05) is 5.32 Å². The minimum absolute atomic E-state index is 0.102. The predicted molar refractivity (Wildman–Crippen MR) is 78.3 cm³/mol.